The lowest BCUT2D eigenvalue weighted by Crippen LogP contribution is -2.01. The molecule has 5 heteroatoms. The van der Waals surface area contributed by atoms with E-state index >= 15 is 0 Å². The lowest BCUT2D eigenvalue weighted by Gasteiger charge is -2.08. The Morgan fingerprint density at radius 2 is 2.28 bits per heavy atom. The van der Waals surface area contributed by atoms with Gasteiger partial charge in [-0.3, -0.25) is 4.68 Å². The molecule has 1 N–H and O–H groups in total. The van der Waals surface area contributed by atoms with Gasteiger partial charge in [-0.25, -0.2) is 0 Å². The molecule has 5 nitrogen and oxygen atoms in total. The van der Waals surface area contributed by atoms with Crippen molar-refractivity contribution in [3.8, 4) is 5.75 Å². The van der Waals surface area contributed by atoms with Crippen LogP contribution >= 0.6 is 0 Å². The first-order valence-corrected chi connectivity index (χ1v) is 6.10. The number of hydrogen-bond acceptors (Lipinski definition) is 4. The lowest BCUT2D eigenvalue weighted by atomic mass is 10.3. The van der Waals surface area contributed by atoms with Crippen LogP contribution in [0.2, 0.25) is 0 Å². The standard InChI is InChI=1S/C13H18N4O/c1-3-7-18-13-6-4-5-11(8-13)14-9-12-10-17(2)16-15-12/h4-6,8,10,14H,3,7,9H2,1-2H3. The maximum Gasteiger partial charge on any atom is 0.121 e. The van der Waals surface area contributed by atoms with E-state index in [2.05, 4.69) is 22.6 Å². The van der Waals surface area contributed by atoms with Gasteiger partial charge in [0, 0.05) is 25.0 Å². The average molecular weight is 246 g/mol. The van der Waals surface area contributed by atoms with Crippen LogP contribution in [0.1, 0.15) is 19.0 Å². The fraction of sp³-hybridized carbons (Fsp3) is 0.385. The molecule has 0 amide bonds. The first-order valence-electron chi connectivity index (χ1n) is 6.10. The summed E-state index contributed by atoms with van der Waals surface area (Å²) in [5.74, 6) is 0.890. The third kappa shape index (κ3) is 3.48. The van der Waals surface area contributed by atoms with Crippen LogP contribution in [0.3, 0.4) is 0 Å². The first-order chi connectivity index (χ1) is 8.78. The highest BCUT2D eigenvalue weighted by atomic mass is 16.5. The fourth-order valence-corrected chi connectivity index (χ4v) is 1.58. The topological polar surface area (TPSA) is 52.0 Å². The van der Waals surface area contributed by atoms with Crippen LogP contribution < -0.4 is 10.1 Å². The third-order valence-corrected chi connectivity index (χ3v) is 2.43. The van der Waals surface area contributed by atoms with E-state index in [-0.39, 0.29) is 0 Å². The number of ether oxygens (including phenoxy) is 1. The Morgan fingerprint density at radius 3 is 3.00 bits per heavy atom. The summed E-state index contributed by atoms with van der Waals surface area (Å²) in [6.45, 7) is 3.49. The molecule has 1 heterocycles. The summed E-state index contributed by atoms with van der Waals surface area (Å²) in [5.41, 5.74) is 1.94. The Hall–Kier alpha value is -2.04. The summed E-state index contributed by atoms with van der Waals surface area (Å²) in [4.78, 5) is 0. The zero-order valence-corrected chi connectivity index (χ0v) is 10.8. The lowest BCUT2D eigenvalue weighted by molar-refractivity contribution is 0.317. The van der Waals surface area contributed by atoms with Gasteiger partial charge in [0.15, 0.2) is 0 Å². The average Bonchev–Trinajstić information content (AvgIpc) is 2.80. The molecule has 0 radical (unpaired) electrons. The third-order valence-electron chi connectivity index (χ3n) is 2.43. The van der Waals surface area contributed by atoms with Crippen molar-refractivity contribution in [3.63, 3.8) is 0 Å². The summed E-state index contributed by atoms with van der Waals surface area (Å²) in [6.07, 6.45) is 2.90. The summed E-state index contributed by atoms with van der Waals surface area (Å²) in [7, 11) is 1.86. The second-order valence-corrected chi connectivity index (χ2v) is 4.11. The Labute approximate surface area is 107 Å². The highest BCUT2D eigenvalue weighted by Gasteiger charge is 1.99. The second kappa shape index (κ2) is 6.05. The maximum atomic E-state index is 5.58. The predicted molar refractivity (Wildman–Crippen MR) is 70.6 cm³/mol. The van der Waals surface area contributed by atoms with Gasteiger partial charge in [0.2, 0.25) is 0 Å². The van der Waals surface area contributed by atoms with Crippen LogP contribution in [0, 0.1) is 0 Å². The second-order valence-electron chi connectivity index (χ2n) is 4.11. The summed E-state index contributed by atoms with van der Waals surface area (Å²) >= 11 is 0. The molecule has 0 unspecified atom stereocenters. The SMILES string of the molecule is CCCOc1cccc(NCc2cn(C)nn2)c1. The van der Waals surface area contributed by atoms with Gasteiger partial charge in [0.25, 0.3) is 0 Å². The maximum absolute atomic E-state index is 5.58. The number of rotatable bonds is 6. The molecule has 0 bridgehead atoms. The number of hydrogen-bond donors (Lipinski definition) is 1. The van der Waals surface area contributed by atoms with E-state index in [1.807, 2.05) is 37.5 Å². The van der Waals surface area contributed by atoms with E-state index in [1.54, 1.807) is 4.68 Å². The molecule has 0 spiro atoms. The minimum Gasteiger partial charge on any atom is -0.494 e. The van der Waals surface area contributed by atoms with E-state index in [0.717, 1.165) is 30.2 Å². The molecule has 0 atom stereocenters. The molecular weight excluding hydrogens is 228 g/mol. The van der Waals surface area contributed by atoms with Gasteiger partial charge >= 0.3 is 0 Å². The molecule has 2 aromatic rings. The Balaban J connectivity index is 1.92. The number of nitrogens with one attached hydrogen (secondary N) is 1. The minimum absolute atomic E-state index is 0.658. The summed E-state index contributed by atoms with van der Waals surface area (Å²) in [5, 5.41) is 11.2. The van der Waals surface area contributed by atoms with Crippen molar-refractivity contribution in [2.45, 2.75) is 19.9 Å². The van der Waals surface area contributed by atoms with E-state index in [0.29, 0.717) is 6.54 Å². The molecule has 0 aliphatic rings. The van der Waals surface area contributed by atoms with Crippen molar-refractivity contribution < 1.29 is 4.74 Å². The van der Waals surface area contributed by atoms with Crippen LogP contribution in [-0.4, -0.2) is 21.6 Å². The van der Waals surface area contributed by atoms with Gasteiger partial charge < -0.3 is 10.1 Å². The summed E-state index contributed by atoms with van der Waals surface area (Å²) in [6, 6.07) is 7.94. The van der Waals surface area contributed by atoms with Crippen LogP contribution in [0.15, 0.2) is 30.5 Å². The van der Waals surface area contributed by atoms with Crippen molar-refractivity contribution in [1.82, 2.24) is 15.0 Å². The highest BCUT2D eigenvalue weighted by molar-refractivity contribution is 5.48. The smallest absolute Gasteiger partial charge is 0.121 e. The zero-order valence-electron chi connectivity index (χ0n) is 10.8. The molecule has 0 aliphatic carbocycles. The van der Waals surface area contributed by atoms with Gasteiger partial charge in [-0.05, 0) is 18.6 Å². The predicted octanol–water partition coefficient (Wildman–Crippen LogP) is 2.22. The van der Waals surface area contributed by atoms with Crippen molar-refractivity contribution in [2.75, 3.05) is 11.9 Å². The number of benzene rings is 1. The number of anilines is 1. The van der Waals surface area contributed by atoms with Crippen molar-refractivity contribution >= 4 is 5.69 Å². The van der Waals surface area contributed by atoms with Crippen molar-refractivity contribution in [1.29, 1.82) is 0 Å². The fourth-order valence-electron chi connectivity index (χ4n) is 1.58. The largest absolute Gasteiger partial charge is 0.494 e. The number of nitrogens with zero attached hydrogens (tertiary/aromatic N) is 3. The van der Waals surface area contributed by atoms with Gasteiger partial charge in [0.05, 0.1) is 13.2 Å². The molecule has 2 rings (SSSR count). The van der Waals surface area contributed by atoms with E-state index in [1.165, 1.54) is 0 Å². The molecule has 96 valence electrons. The molecule has 18 heavy (non-hydrogen) atoms. The minimum atomic E-state index is 0.658. The first kappa shape index (κ1) is 12.4. The van der Waals surface area contributed by atoms with Crippen molar-refractivity contribution in [2.24, 2.45) is 7.05 Å². The Kier molecular flexibility index (Phi) is 4.17. The van der Waals surface area contributed by atoms with Gasteiger partial charge in [-0.15, -0.1) is 5.10 Å². The Bertz CT molecular complexity index is 495. The van der Waals surface area contributed by atoms with Gasteiger partial charge in [0.1, 0.15) is 11.4 Å². The van der Waals surface area contributed by atoms with E-state index in [9.17, 15) is 0 Å². The molecule has 1 aromatic carbocycles. The number of aryl methyl sites for hydroxylation is 1. The van der Waals surface area contributed by atoms with E-state index in [4.69, 9.17) is 4.74 Å². The molecule has 0 saturated heterocycles. The highest BCUT2D eigenvalue weighted by Crippen LogP contribution is 2.17. The van der Waals surface area contributed by atoms with E-state index < -0.39 is 0 Å². The van der Waals surface area contributed by atoms with Gasteiger partial charge in [-0.2, -0.15) is 0 Å². The van der Waals surface area contributed by atoms with Crippen molar-refractivity contribution in [3.05, 3.63) is 36.2 Å². The monoisotopic (exact) mass is 246 g/mol. The normalized spacial score (nSPS) is 10.3. The van der Waals surface area contributed by atoms with Crippen LogP contribution in [-0.2, 0) is 13.6 Å². The number of aromatic nitrogens is 3. The quantitative estimate of drug-likeness (QED) is 0.849. The van der Waals surface area contributed by atoms with Crippen LogP contribution in [0.25, 0.3) is 0 Å². The molecular formula is C13H18N4O. The van der Waals surface area contributed by atoms with Crippen LogP contribution in [0.4, 0.5) is 5.69 Å². The molecule has 0 saturated carbocycles. The molecule has 1 aromatic heterocycles. The Morgan fingerprint density at radius 1 is 1.39 bits per heavy atom. The van der Waals surface area contributed by atoms with Gasteiger partial charge in [-0.1, -0.05) is 18.2 Å². The van der Waals surface area contributed by atoms with Crippen LogP contribution in [0.5, 0.6) is 5.75 Å². The zero-order chi connectivity index (χ0) is 12.8. The molecule has 0 fully saturated rings. The summed E-state index contributed by atoms with van der Waals surface area (Å²) < 4.78 is 7.27. The molecule has 0 aliphatic heterocycles.